The lowest BCUT2D eigenvalue weighted by Gasteiger charge is -2.40. The van der Waals surface area contributed by atoms with Gasteiger partial charge in [0.05, 0.1) is 12.2 Å². The minimum Gasteiger partial charge on any atom is -0.395 e. The molecule has 0 amide bonds. The Kier molecular flexibility index (Phi) is 3.71. The predicted octanol–water partition coefficient (Wildman–Crippen LogP) is 0.604. The largest absolute Gasteiger partial charge is 0.395 e. The van der Waals surface area contributed by atoms with E-state index in [4.69, 9.17) is 5.11 Å². The van der Waals surface area contributed by atoms with Gasteiger partial charge in [-0.15, -0.1) is 0 Å². The third-order valence-electron chi connectivity index (χ3n) is 2.57. The van der Waals surface area contributed by atoms with E-state index in [-0.39, 0.29) is 6.61 Å². The molecule has 0 saturated heterocycles. The lowest BCUT2D eigenvalue weighted by molar-refractivity contribution is -0.00105. The molecule has 1 fully saturated rings. The molecule has 1 saturated carbocycles. The minimum absolute atomic E-state index is 0.187. The summed E-state index contributed by atoms with van der Waals surface area (Å²) >= 11 is 0. The zero-order chi connectivity index (χ0) is 9.90. The van der Waals surface area contributed by atoms with Crippen LogP contribution >= 0.6 is 0 Å². The lowest BCUT2D eigenvalue weighted by atomic mass is 9.90. The molecule has 1 rings (SSSR count). The number of rotatable bonds is 5. The van der Waals surface area contributed by atoms with Crippen LogP contribution in [-0.2, 0) is 0 Å². The average Bonchev–Trinajstić information content (AvgIpc) is 1.79. The quantitative estimate of drug-likeness (QED) is 0.662. The first-order valence-corrected chi connectivity index (χ1v) is 5.10. The summed E-state index contributed by atoms with van der Waals surface area (Å²) in [5.41, 5.74) is -0.648. The van der Waals surface area contributed by atoms with Crippen LogP contribution in [0.4, 0.5) is 0 Å². The van der Waals surface area contributed by atoms with Crippen LogP contribution in [0.2, 0.25) is 0 Å². The highest BCUT2D eigenvalue weighted by molar-refractivity contribution is 4.83. The fourth-order valence-corrected chi connectivity index (χ4v) is 1.77. The van der Waals surface area contributed by atoms with E-state index in [1.54, 1.807) is 0 Å². The SMILES string of the molecule is CC(C)(O)CN(CCO)C1CCC1. The van der Waals surface area contributed by atoms with E-state index < -0.39 is 5.60 Å². The van der Waals surface area contributed by atoms with E-state index in [1.165, 1.54) is 19.3 Å². The number of aliphatic hydroxyl groups is 2. The van der Waals surface area contributed by atoms with Crippen molar-refractivity contribution >= 4 is 0 Å². The highest BCUT2D eigenvalue weighted by Crippen LogP contribution is 2.25. The Labute approximate surface area is 80.4 Å². The van der Waals surface area contributed by atoms with E-state index >= 15 is 0 Å². The van der Waals surface area contributed by atoms with Gasteiger partial charge in [-0.2, -0.15) is 0 Å². The number of aliphatic hydroxyl groups excluding tert-OH is 1. The van der Waals surface area contributed by atoms with Crippen molar-refractivity contribution in [2.45, 2.75) is 44.8 Å². The highest BCUT2D eigenvalue weighted by Gasteiger charge is 2.28. The Morgan fingerprint density at radius 1 is 1.38 bits per heavy atom. The summed E-state index contributed by atoms with van der Waals surface area (Å²) in [7, 11) is 0. The van der Waals surface area contributed by atoms with Gasteiger partial charge >= 0.3 is 0 Å². The molecule has 0 aromatic carbocycles. The molecule has 0 heterocycles. The van der Waals surface area contributed by atoms with Gasteiger partial charge in [0.2, 0.25) is 0 Å². The van der Waals surface area contributed by atoms with Crippen molar-refractivity contribution in [1.29, 1.82) is 0 Å². The standard InChI is InChI=1S/C10H21NO2/c1-10(2,13)8-11(6-7-12)9-4-3-5-9/h9,12-13H,3-8H2,1-2H3. The van der Waals surface area contributed by atoms with Gasteiger partial charge in [0, 0.05) is 19.1 Å². The number of hydrogen-bond donors (Lipinski definition) is 2. The molecule has 0 bridgehead atoms. The van der Waals surface area contributed by atoms with Crippen LogP contribution in [0.5, 0.6) is 0 Å². The summed E-state index contributed by atoms with van der Waals surface area (Å²) < 4.78 is 0. The summed E-state index contributed by atoms with van der Waals surface area (Å²) in [6, 6.07) is 0.596. The fraction of sp³-hybridized carbons (Fsp3) is 1.00. The second kappa shape index (κ2) is 4.40. The molecule has 0 unspecified atom stereocenters. The summed E-state index contributed by atoms with van der Waals surface area (Å²) in [5.74, 6) is 0. The molecule has 0 aliphatic heterocycles. The molecular formula is C10H21NO2. The van der Waals surface area contributed by atoms with E-state index in [2.05, 4.69) is 4.90 Å². The maximum absolute atomic E-state index is 9.66. The molecule has 78 valence electrons. The molecule has 0 spiro atoms. The molecule has 13 heavy (non-hydrogen) atoms. The summed E-state index contributed by atoms with van der Waals surface area (Å²) in [6.45, 7) is 5.17. The molecule has 0 aromatic rings. The van der Waals surface area contributed by atoms with E-state index in [1.807, 2.05) is 13.8 Å². The third kappa shape index (κ3) is 3.63. The first kappa shape index (κ1) is 11.0. The Morgan fingerprint density at radius 2 is 2.00 bits per heavy atom. The van der Waals surface area contributed by atoms with Gasteiger partial charge in [-0.05, 0) is 26.7 Å². The Hall–Kier alpha value is -0.120. The van der Waals surface area contributed by atoms with Crippen molar-refractivity contribution < 1.29 is 10.2 Å². The average molecular weight is 187 g/mol. The van der Waals surface area contributed by atoms with Gasteiger partial charge in [-0.3, -0.25) is 4.90 Å². The predicted molar refractivity (Wildman–Crippen MR) is 52.6 cm³/mol. The Bertz CT molecular complexity index is 149. The lowest BCUT2D eigenvalue weighted by Crippen LogP contribution is -2.48. The molecule has 3 heteroatoms. The van der Waals surface area contributed by atoms with Crippen molar-refractivity contribution in [3.63, 3.8) is 0 Å². The van der Waals surface area contributed by atoms with Gasteiger partial charge in [-0.1, -0.05) is 6.42 Å². The third-order valence-corrected chi connectivity index (χ3v) is 2.57. The van der Waals surface area contributed by atoms with Crippen LogP contribution in [0.15, 0.2) is 0 Å². The Balaban J connectivity index is 2.37. The second-order valence-electron chi connectivity index (χ2n) is 4.59. The monoisotopic (exact) mass is 187 g/mol. The Morgan fingerprint density at radius 3 is 2.31 bits per heavy atom. The van der Waals surface area contributed by atoms with Gasteiger partial charge < -0.3 is 10.2 Å². The molecular weight excluding hydrogens is 166 g/mol. The van der Waals surface area contributed by atoms with Crippen LogP contribution in [0.1, 0.15) is 33.1 Å². The summed E-state index contributed by atoms with van der Waals surface area (Å²) in [6.07, 6.45) is 3.73. The van der Waals surface area contributed by atoms with Crippen molar-refractivity contribution in [2.24, 2.45) is 0 Å². The van der Waals surface area contributed by atoms with Crippen molar-refractivity contribution in [3.8, 4) is 0 Å². The normalized spacial score (nSPS) is 19.2. The molecule has 0 radical (unpaired) electrons. The van der Waals surface area contributed by atoms with Crippen molar-refractivity contribution in [3.05, 3.63) is 0 Å². The van der Waals surface area contributed by atoms with Crippen molar-refractivity contribution in [1.82, 2.24) is 4.90 Å². The zero-order valence-electron chi connectivity index (χ0n) is 8.66. The molecule has 1 aliphatic carbocycles. The zero-order valence-corrected chi connectivity index (χ0v) is 8.66. The van der Waals surface area contributed by atoms with E-state index in [0.717, 1.165) is 0 Å². The fourth-order valence-electron chi connectivity index (χ4n) is 1.77. The first-order chi connectivity index (χ1) is 6.03. The van der Waals surface area contributed by atoms with E-state index in [0.29, 0.717) is 19.1 Å². The van der Waals surface area contributed by atoms with Gasteiger partial charge in [-0.25, -0.2) is 0 Å². The van der Waals surface area contributed by atoms with Crippen LogP contribution in [0.3, 0.4) is 0 Å². The number of nitrogens with zero attached hydrogens (tertiary/aromatic N) is 1. The second-order valence-corrected chi connectivity index (χ2v) is 4.59. The number of hydrogen-bond acceptors (Lipinski definition) is 3. The van der Waals surface area contributed by atoms with Crippen LogP contribution < -0.4 is 0 Å². The maximum atomic E-state index is 9.66. The molecule has 0 atom stereocenters. The summed E-state index contributed by atoms with van der Waals surface area (Å²) in [5, 5.41) is 18.5. The van der Waals surface area contributed by atoms with Gasteiger partial charge in [0.15, 0.2) is 0 Å². The van der Waals surface area contributed by atoms with Crippen molar-refractivity contribution in [2.75, 3.05) is 19.7 Å². The van der Waals surface area contributed by atoms with Crippen LogP contribution in [0.25, 0.3) is 0 Å². The van der Waals surface area contributed by atoms with Crippen LogP contribution in [0, 0.1) is 0 Å². The smallest absolute Gasteiger partial charge is 0.0718 e. The summed E-state index contributed by atoms with van der Waals surface area (Å²) in [4.78, 5) is 2.20. The van der Waals surface area contributed by atoms with Gasteiger partial charge in [0.25, 0.3) is 0 Å². The molecule has 0 aromatic heterocycles. The van der Waals surface area contributed by atoms with E-state index in [9.17, 15) is 5.11 Å². The minimum atomic E-state index is -0.648. The van der Waals surface area contributed by atoms with Crippen LogP contribution in [-0.4, -0.2) is 46.5 Å². The molecule has 2 N–H and O–H groups in total. The maximum Gasteiger partial charge on any atom is 0.0718 e. The topological polar surface area (TPSA) is 43.7 Å². The highest BCUT2D eigenvalue weighted by atomic mass is 16.3. The first-order valence-electron chi connectivity index (χ1n) is 5.10. The molecule has 1 aliphatic rings. The molecule has 3 nitrogen and oxygen atoms in total. The van der Waals surface area contributed by atoms with Gasteiger partial charge in [0.1, 0.15) is 0 Å².